The molecule has 0 N–H and O–H groups in total. The smallest absolute Gasteiger partial charge is 0.344 e. The van der Waals surface area contributed by atoms with Gasteiger partial charge in [0.05, 0.1) is 6.61 Å². The predicted octanol–water partition coefficient (Wildman–Crippen LogP) is 2.70. The molecule has 1 atom stereocenters. The van der Waals surface area contributed by atoms with E-state index in [4.69, 9.17) is 9.47 Å². The van der Waals surface area contributed by atoms with Crippen LogP contribution in [0.1, 0.15) is 52.9 Å². The number of hydrogen-bond donors (Lipinski definition) is 0. The van der Waals surface area contributed by atoms with Crippen molar-refractivity contribution in [2.75, 3.05) is 13.2 Å². The fourth-order valence-corrected chi connectivity index (χ4v) is 2.45. The van der Waals surface area contributed by atoms with Crippen molar-refractivity contribution in [2.45, 2.75) is 52.9 Å². The van der Waals surface area contributed by atoms with Gasteiger partial charge in [-0.25, -0.2) is 4.79 Å². The Hall–Kier alpha value is -1.06. The van der Waals surface area contributed by atoms with Gasteiger partial charge in [0.15, 0.2) is 6.61 Å². The molecule has 104 valence electrons. The first kappa shape index (κ1) is 15.0. The maximum absolute atomic E-state index is 11.3. The van der Waals surface area contributed by atoms with Gasteiger partial charge in [-0.3, -0.25) is 4.79 Å². The fraction of sp³-hybridized carbons (Fsp3) is 0.857. The van der Waals surface area contributed by atoms with Gasteiger partial charge < -0.3 is 9.47 Å². The molecule has 1 aliphatic rings. The molecule has 1 fully saturated rings. The highest BCUT2D eigenvalue weighted by Gasteiger charge is 2.30. The van der Waals surface area contributed by atoms with Crippen molar-refractivity contribution in [3.05, 3.63) is 0 Å². The van der Waals surface area contributed by atoms with E-state index in [2.05, 4.69) is 13.8 Å². The van der Waals surface area contributed by atoms with Crippen LogP contribution in [0.4, 0.5) is 0 Å². The summed E-state index contributed by atoms with van der Waals surface area (Å²) in [5.41, 5.74) is 0.436. The van der Waals surface area contributed by atoms with Gasteiger partial charge >= 0.3 is 11.9 Å². The van der Waals surface area contributed by atoms with Gasteiger partial charge in [-0.05, 0) is 37.0 Å². The molecule has 0 aromatic heterocycles. The zero-order chi connectivity index (χ0) is 13.6. The van der Waals surface area contributed by atoms with Crippen LogP contribution in [0.2, 0.25) is 0 Å². The monoisotopic (exact) mass is 256 g/mol. The molecule has 0 spiro atoms. The first-order valence-corrected chi connectivity index (χ1v) is 6.74. The van der Waals surface area contributed by atoms with E-state index in [0.29, 0.717) is 17.9 Å². The lowest BCUT2D eigenvalue weighted by atomic mass is 9.90. The largest absolute Gasteiger partial charge is 0.463 e. The molecule has 1 rings (SSSR count). The molecule has 4 heteroatoms. The van der Waals surface area contributed by atoms with Crippen LogP contribution in [-0.4, -0.2) is 25.2 Å². The van der Waals surface area contributed by atoms with Crippen molar-refractivity contribution in [2.24, 2.45) is 11.3 Å². The number of ether oxygens (including phenoxy) is 2. The highest BCUT2D eigenvalue weighted by Crippen LogP contribution is 2.42. The lowest BCUT2D eigenvalue weighted by Gasteiger charge is -2.17. The molecular weight excluding hydrogens is 232 g/mol. The zero-order valence-electron chi connectivity index (χ0n) is 11.7. The molecule has 1 aliphatic carbocycles. The van der Waals surface area contributed by atoms with E-state index in [-0.39, 0.29) is 19.0 Å². The van der Waals surface area contributed by atoms with E-state index in [9.17, 15) is 9.59 Å². The van der Waals surface area contributed by atoms with Crippen LogP contribution in [0.15, 0.2) is 0 Å². The summed E-state index contributed by atoms with van der Waals surface area (Å²) in [6.07, 6.45) is 4.87. The number of hydrogen-bond acceptors (Lipinski definition) is 4. The molecule has 0 aliphatic heterocycles. The van der Waals surface area contributed by atoms with Crippen molar-refractivity contribution in [1.82, 2.24) is 0 Å². The van der Waals surface area contributed by atoms with E-state index >= 15 is 0 Å². The van der Waals surface area contributed by atoms with Gasteiger partial charge in [-0.2, -0.15) is 0 Å². The van der Waals surface area contributed by atoms with Gasteiger partial charge in [0, 0.05) is 6.42 Å². The summed E-state index contributed by atoms with van der Waals surface area (Å²) in [5.74, 6) is -0.162. The Morgan fingerprint density at radius 2 is 1.94 bits per heavy atom. The Morgan fingerprint density at radius 3 is 2.50 bits per heavy atom. The second kappa shape index (κ2) is 6.76. The van der Waals surface area contributed by atoms with Crippen molar-refractivity contribution in [3.8, 4) is 0 Å². The van der Waals surface area contributed by atoms with Gasteiger partial charge in [0.1, 0.15) is 0 Å². The summed E-state index contributed by atoms with van der Waals surface area (Å²) in [7, 11) is 0. The van der Waals surface area contributed by atoms with Crippen molar-refractivity contribution < 1.29 is 19.1 Å². The Morgan fingerprint density at radius 1 is 1.22 bits per heavy atom. The molecule has 0 aromatic rings. The van der Waals surface area contributed by atoms with E-state index in [0.717, 1.165) is 6.42 Å². The molecule has 0 heterocycles. The van der Waals surface area contributed by atoms with E-state index < -0.39 is 5.97 Å². The lowest BCUT2D eigenvalue weighted by molar-refractivity contribution is -0.158. The average molecular weight is 256 g/mol. The summed E-state index contributed by atoms with van der Waals surface area (Å²) in [6, 6.07) is 0. The van der Waals surface area contributed by atoms with Gasteiger partial charge in [-0.15, -0.1) is 0 Å². The predicted molar refractivity (Wildman–Crippen MR) is 67.9 cm³/mol. The second-order valence-electron chi connectivity index (χ2n) is 5.80. The molecule has 0 saturated heterocycles. The molecule has 0 bridgehead atoms. The fourth-order valence-electron chi connectivity index (χ4n) is 2.45. The van der Waals surface area contributed by atoms with Crippen LogP contribution < -0.4 is 0 Å². The minimum absolute atomic E-state index is 0.261. The van der Waals surface area contributed by atoms with Crippen LogP contribution in [-0.2, 0) is 19.1 Å². The zero-order valence-corrected chi connectivity index (χ0v) is 11.7. The molecule has 18 heavy (non-hydrogen) atoms. The number of carbonyl (C=O) groups excluding carboxylic acids is 2. The van der Waals surface area contributed by atoms with Crippen LogP contribution in [0.25, 0.3) is 0 Å². The normalized spacial score (nSPS) is 21.6. The third-order valence-corrected chi connectivity index (χ3v) is 3.50. The Bertz CT molecular complexity index is 296. The van der Waals surface area contributed by atoms with Crippen LogP contribution in [0.3, 0.4) is 0 Å². The van der Waals surface area contributed by atoms with Crippen LogP contribution in [0.5, 0.6) is 0 Å². The molecule has 0 amide bonds. The number of esters is 2. The topological polar surface area (TPSA) is 52.6 Å². The molecule has 0 radical (unpaired) electrons. The molecule has 0 unspecified atom stereocenters. The molecule has 1 saturated carbocycles. The van der Waals surface area contributed by atoms with Crippen molar-refractivity contribution in [3.63, 3.8) is 0 Å². The summed E-state index contributed by atoms with van der Waals surface area (Å²) in [5, 5.41) is 0. The van der Waals surface area contributed by atoms with Gasteiger partial charge in [0.2, 0.25) is 0 Å². The standard InChI is InChI=1S/C14H24O4/c1-4-12(15)18-10-13(16)17-8-6-11-5-7-14(2,3)9-11/h11H,4-10H2,1-3H3/t11-/m1/s1. The molecule has 0 aromatic carbocycles. The summed E-state index contributed by atoms with van der Waals surface area (Å²) < 4.78 is 9.75. The Labute approximate surface area is 109 Å². The lowest BCUT2D eigenvalue weighted by Crippen LogP contribution is -2.17. The summed E-state index contributed by atoms with van der Waals surface area (Å²) >= 11 is 0. The minimum Gasteiger partial charge on any atom is -0.463 e. The quantitative estimate of drug-likeness (QED) is 0.686. The van der Waals surface area contributed by atoms with Crippen LogP contribution in [0, 0.1) is 11.3 Å². The summed E-state index contributed by atoms with van der Waals surface area (Å²) in [6.45, 7) is 6.42. The van der Waals surface area contributed by atoms with Crippen molar-refractivity contribution >= 4 is 11.9 Å². The van der Waals surface area contributed by atoms with Crippen LogP contribution >= 0.6 is 0 Å². The third-order valence-electron chi connectivity index (χ3n) is 3.50. The number of rotatable bonds is 6. The van der Waals surface area contributed by atoms with Gasteiger partial charge in [0.25, 0.3) is 0 Å². The van der Waals surface area contributed by atoms with Crippen molar-refractivity contribution in [1.29, 1.82) is 0 Å². The molecular formula is C14H24O4. The summed E-state index contributed by atoms with van der Waals surface area (Å²) in [4.78, 5) is 22.1. The maximum atomic E-state index is 11.3. The highest BCUT2D eigenvalue weighted by molar-refractivity contribution is 5.76. The Balaban J connectivity index is 2.07. The van der Waals surface area contributed by atoms with Gasteiger partial charge in [-0.1, -0.05) is 20.8 Å². The average Bonchev–Trinajstić information content (AvgIpc) is 2.66. The SMILES string of the molecule is CCC(=O)OCC(=O)OCC[C@H]1CCC(C)(C)C1. The molecule has 4 nitrogen and oxygen atoms in total. The first-order valence-electron chi connectivity index (χ1n) is 6.74. The van der Waals surface area contributed by atoms with E-state index in [1.807, 2.05) is 0 Å². The first-order chi connectivity index (χ1) is 8.43. The highest BCUT2D eigenvalue weighted by atomic mass is 16.6. The van der Waals surface area contributed by atoms with E-state index in [1.165, 1.54) is 19.3 Å². The number of carbonyl (C=O) groups is 2. The third kappa shape index (κ3) is 5.52. The Kier molecular flexibility index (Phi) is 5.63. The minimum atomic E-state index is -0.450. The van der Waals surface area contributed by atoms with E-state index in [1.54, 1.807) is 6.92 Å². The maximum Gasteiger partial charge on any atom is 0.344 e. The second-order valence-corrected chi connectivity index (χ2v) is 5.80.